The summed E-state index contributed by atoms with van der Waals surface area (Å²) in [6.45, 7) is 3.53. The summed E-state index contributed by atoms with van der Waals surface area (Å²) in [4.78, 5) is 26.4. The molecule has 2 aromatic heterocycles. The molecule has 0 aliphatic rings. The van der Waals surface area contributed by atoms with Crippen molar-refractivity contribution in [2.45, 2.75) is 13.8 Å². The van der Waals surface area contributed by atoms with Crippen LogP contribution in [0.1, 0.15) is 11.3 Å². The summed E-state index contributed by atoms with van der Waals surface area (Å²) in [5.74, 6) is 0.455. The summed E-state index contributed by atoms with van der Waals surface area (Å²) in [5, 5.41) is 0. The summed E-state index contributed by atoms with van der Waals surface area (Å²) in [6.07, 6.45) is 4.69. The van der Waals surface area contributed by atoms with E-state index in [1.807, 2.05) is 0 Å². The van der Waals surface area contributed by atoms with Crippen LogP contribution >= 0.6 is 0 Å². The zero-order chi connectivity index (χ0) is 10.8. The number of aryl methyl sites for hydroxylation is 1. The Hall–Kier alpha value is -2.04. The first-order valence-corrected chi connectivity index (χ1v) is 4.52. The van der Waals surface area contributed by atoms with Crippen molar-refractivity contribution >= 4 is 0 Å². The van der Waals surface area contributed by atoms with Gasteiger partial charge in [-0.3, -0.25) is 9.78 Å². The fourth-order valence-corrected chi connectivity index (χ4v) is 1.19. The van der Waals surface area contributed by atoms with Gasteiger partial charge in [0.15, 0.2) is 5.82 Å². The maximum absolute atomic E-state index is 11.5. The van der Waals surface area contributed by atoms with Gasteiger partial charge in [-0.05, 0) is 13.8 Å². The summed E-state index contributed by atoms with van der Waals surface area (Å²) >= 11 is 0. The van der Waals surface area contributed by atoms with E-state index < -0.39 is 0 Å². The molecule has 5 heteroatoms. The number of rotatable bonds is 1. The molecule has 15 heavy (non-hydrogen) atoms. The second-order valence-corrected chi connectivity index (χ2v) is 3.22. The molecule has 2 rings (SSSR count). The van der Waals surface area contributed by atoms with Crippen LogP contribution in [0.5, 0.6) is 0 Å². The fourth-order valence-electron chi connectivity index (χ4n) is 1.19. The molecule has 0 aliphatic heterocycles. The Balaban J connectivity index is 2.61. The minimum atomic E-state index is -0.136. The number of aromatic amines is 1. The van der Waals surface area contributed by atoms with Gasteiger partial charge in [-0.25, -0.2) is 9.97 Å². The minimum Gasteiger partial charge on any atom is -0.305 e. The van der Waals surface area contributed by atoms with E-state index in [2.05, 4.69) is 19.9 Å². The zero-order valence-corrected chi connectivity index (χ0v) is 8.48. The number of hydrogen-bond acceptors (Lipinski definition) is 4. The van der Waals surface area contributed by atoms with Crippen molar-refractivity contribution in [1.82, 2.24) is 19.9 Å². The van der Waals surface area contributed by atoms with Crippen LogP contribution in [0.3, 0.4) is 0 Å². The van der Waals surface area contributed by atoms with Gasteiger partial charge >= 0.3 is 0 Å². The second kappa shape index (κ2) is 3.61. The van der Waals surface area contributed by atoms with E-state index in [0.29, 0.717) is 22.8 Å². The lowest BCUT2D eigenvalue weighted by Gasteiger charge is -2.02. The van der Waals surface area contributed by atoms with Gasteiger partial charge in [0.05, 0.1) is 6.20 Å². The Labute approximate surface area is 86.3 Å². The topological polar surface area (TPSA) is 71.5 Å². The Morgan fingerprint density at radius 1 is 1.27 bits per heavy atom. The van der Waals surface area contributed by atoms with Crippen LogP contribution in [0.2, 0.25) is 0 Å². The Kier molecular flexibility index (Phi) is 2.29. The van der Waals surface area contributed by atoms with E-state index in [9.17, 15) is 4.79 Å². The van der Waals surface area contributed by atoms with Crippen LogP contribution in [0.4, 0.5) is 0 Å². The summed E-state index contributed by atoms with van der Waals surface area (Å²) in [5.41, 5.74) is 1.77. The second-order valence-electron chi connectivity index (χ2n) is 3.22. The molecule has 0 bridgehead atoms. The first kappa shape index (κ1) is 9.51. The van der Waals surface area contributed by atoms with Crippen LogP contribution in [0.25, 0.3) is 11.5 Å². The van der Waals surface area contributed by atoms with Gasteiger partial charge < -0.3 is 4.98 Å². The lowest BCUT2D eigenvalue weighted by atomic mass is 10.2. The molecule has 0 aliphatic carbocycles. The third-order valence-electron chi connectivity index (χ3n) is 2.20. The van der Waals surface area contributed by atoms with Crippen molar-refractivity contribution in [3.63, 3.8) is 0 Å². The first-order valence-electron chi connectivity index (χ1n) is 4.52. The highest BCUT2D eigenvalue weighted by atomic mass is 16.1. The number of nitrogens with zero attached hydrogens (tertiary/aromatic N) is 3. The smallest absolute Gasteiger partial charge is 0.254 e. The predicted molar refractivity (Wildman–Crippen MR) is 55.4 cm³/mol. The summed E-state index contributed by atoms with van der Waals surface area (Å²) < 4.78 is 0. The van der Waals surface area contributed by atoms with Gasteiger partial charge in [0, 0.05) is 23.7 Å². The summed E-state index contributed by atoms with van der Waals surface area (Å²) in [7, 11) is 0. The maximum Gasteiger partial charge on any atom is 0.254 e. The van der Waals surface area contributed by atoms with Crippen molar-refractivity contribution in [3.05, 3.63) is 40.2 Å². The minimum absolute atomic E-state index is 0.136. The lowest BCUT2D eigenvalue weighted by molar-refractivity contribution is 1.01. The van der Waals surface area contributed by atoms with Crippen LogP contribution < -0.4 is 5.56 Å². The molecule has 76 valence electrons. The van der Waals surface area contributed by atoms with Crippen molar-refractivity contribution in [1.29, 1.82) is 0 Å². The van der Waals surface area contributed by atoms with Crippen molar-refractivity contribution in [3.8, 4) is 11.5 Å². The average Bonchev–Trinajstić information content (AvgIpc) is 2.26. The van der Waals surface area contributed by atoms with E-state index in [1.54, 1.807) is 32.4 Å². The molecule has 0 aromatic carbocycles. The zero-order valence-electron chi connectivity index (χ0n) is 8.48. The normalized spacial score (nSPS) is 10.3. The Morgan fingerprint density at radius 2 is 2.07 bits per heavy atom. The molecule has 0 spiro atoms. The van der Waals surface area contributed by atoms with Crippen molar-refractivity contribution < 1.29 is 0 Å². The third-order valence-corrected chi connectivity index (χ3v) is 2.20. The molecule has 0 atom stereocenters. The largest absolute Gasteiger partial charge is 0.305 e. The number of nitrogens with one attached hydrogen (secondary N) is 1. The average molecular weight is 202 g/mol. The molecule has 0 saturated carbocycles. The van der Waals surface area contributed by atoms with Crippen LogP contribution in [-0.2, 0) is 0 Å². The van der Waals surface area contributed by atoms with Gasteiger partial charge in [-0.2, -0.15) is 0 Å². The molecule has 2 heterocycles. The SMILES string of the molecule is Cc1nc(-c2cnccn2)[nH]c(=O)c1C. The monoisotopic (exact) mass is 202 g/mol. The van der Waals surface area contributed by atoms with Gasteiger partial charge in [-0.1, -0.05) is 0 Å². The molecule has 0 saturated heterocycles. The van der Waals surface area contributed by atoms with Crippen LogP contribution in [0.15, 0.2) is 23.4 Å². The van der Waals surface area contributed by atoms with Crippen LogP contribution in [-0.4, -0.2) is 19.9 Å². The molecule has 0 amide bonds. The highest BCUT2D eigenvalue weighted by Crippen LogP contribution is 2.08. The Bertz CT molecular complexity index is 533. The van der Waals surface area contributed by atoms with E-state index in [4.69, 9.17) is 0 Å². The third kappa shape index (κ3) is 1.76. The first-order chi connectivity index (χ1) is 7.18. The highest BCUT2D eigenvalue weighted by molar-refractivity contribution is 5.47. The van der Waals surface area contributed by atoms with E-state index in [1.165, 1.54) is 0 Å². The van der Waals surface area contributed by atoms with Gasteiger partial charge in [-0.15, -0.1) is 0 Å². The van der Waals surface area contributed by atoms with Crippen molar-refractivity contribution in [2.75, 3.05) is 0 Å². The van der Waals surface area contributed by atoms with E-state index >= 15 is 0 Å². The molecule has 0 unspecified atom stereocenters. The standard InChI is InChI=1S/C10H10N4O/c1-6-7(2)13-9(14-10(6)15)8-5-11-3-4-12-8/h3-5H,1-2H3,(H,13,14,15). The van der Waals surface area contributed by atoms with Crippen LogP contribution in [0, 0.1) is 13.8 Å². The summed E-state index contributed by atoms with van der Waals surface area (Å²) in [6, 6.07) is 0. The van der Waals surface area contributed by atoms with Gasteiger partial charge in [0.1, 0.15) is 5.69 Å². The number of aromatic nitrogens is 4. The predicted octanol–water partition coefficient (Wildman–Crippen LogP) is 0.844. The molecule has 5 nitrogen and oxygen atoms in total. The van der Waals surface area contributed by atoms with E-state index in [0.717, 1.165) is 0 Å². The molecule has 0 fully saturated rings. The van der Waals surface area contributed by atoms with E-state index in [-0.39, 0.29) is 5.56 Å². The molecule has 1 N–H and O–H groups in total. The molecular weight excluding hydrogens is 192 g/mol. The van der Waals surface area contributed by atoms with Gasteiger partial charge in [0.25, 0.3) is 5.56 Å². The lowest BCUT2D eigenvalue weighted by Crippen LogP contribution is -2.14. The fraction of sp³-hybridized carbons (Fsp3) is 0.200. The molecule has 0 radical (unpaired) electrons. The Morgan fingerprint density at radius 3 is 2.67 bits per heavy atom. The maximum atomic E-state index is 11.5. The van der Waals surface area contributed by atoms with Gasteiger partial charge in [0.2, 0.25) is 0 Å². The number of H-pyrrole nitrogens is 1. The highest BCUT2D eigenvalue weighted by Gasteiger charge is 2.06. The molecular formula is C10H10N4O. The van der Waals surface area contributed by atoms with Crippen molar-refractivity contribution in [2.24, 2.45) is 0 Å². The molecule has 2 aromatic rings. The quantitative estimate of drug-likeness (QED) is 0.743. The number of hydrogen-bond donors (Lipinski definition) is 1.